The molecule has 1 atom stereocenters. The number of hydrogen-bond donors (Lipinski definition) is 0. The highest BCUT2D eigenvalue weighted by Gasteiger charge is 2.28. The van der Waals surface area contributed by atoms with Crippen LogP contribution in [-0.4, -0.2) is 10.7 Å². The van der Waals surface area contributed by atoms with Crippen LogP contribution in [0, 0.1) is 5.92 Å². The van der Waals surface area contributed by atoms with Gasteiger partial charge < -0.3 is 4.84 Å². The largest absolute Gasteiger partial charge is 0.391 e. The van der Waals surface area contributed by atoms with Gasteiger partial charge in [-0.05, 0) is 34.7 Å². The Labute approximate surface area is 87.8 Å². The van der Waals surface area contributed by atoms with E-state index in [1.165, 1.54) is 38.5 Å². The van der Waals surface area contributed by atoms with Crippen molar-refractivity contribution in [3.63, 3.8) is 0 Å². The van der Waals surface area contributed by atoms with Crippen molar-refractivity contribution < 1.29 is 4.84 Å². The first-order valence-corrected chi connectivity index (χ1v) is 6.04. The van der Waals surface area contributed by atoms with Crippen molar-refractivity contribution in [1.29, 1.82) is 0 Å². The van der Waals surface area contributed by atoms with Crippen LogP contribution in [0.4, 0.5) is 0 Å². The van der Waals surface area contributed by atoms with Crippen LogP contribution in [0.25, 0.3) is 0 Å². The average Bonchev–Trinajstić information content (AvgIpc) is 2.43. The van der Waals surface area contributed by atoms with Crippen molar-refractivity contribution in [3.05, 3.63) is 0 Å². The number of hydrogen-bond acceptors (Lipinski definition) is 2. The molecule has 0 spiro atoms. The van der Waals surface area contributed by atoms with Crippen LogP contribution in [0.3, 0.4) is 0 Å². The fourth-order valence-corrected chi connectivity index (χ4v) is 2.70. The fourth-order valence-electron chi connectivity index (χ4n) is 2.30. The third-order valence-electron chi connectivity index (χ3n) is 3.08. The summed E-state index contributed by atoms with van der Waals surface area (Å²) in [5, 5.41) is 3.96. The number of nitrogens with zero attached hydrogens (tertiary/aromatic N) is 1. The maximum absolute atomic E-state index is 5.40. The van der Waals surface area contributed by atoms with Gasteiger partial charge in [0, 0.05) is 6.42 Å². The lowest BCUT2D eigenvalue weighted by molar-refractivity contribution is 0.0348. The summed E-state index contributed by atoms with van der Waals surface area (Å²) in [4.78, 5) is 5.40. The molecule has 2 nitrogen and oxygen atoms in total. The van der Waals surface area contributed by atoms with E-state index in [9.17, 15) is 0 Å². The van der Waals surface area contributed by atoms with E-state index in [1.54, 1.807) is 0 Å². The molecule has 3 heteroatoms. The van der Waals surface area contributed by atoms with E-state index >= 15 is 0 Å². The molecule has 1 fully saturated rings. The Morgan fingerprint density at radius 1 is 1.15 bits per heavy atom. The summed E-state index contributed by atoms with van der Waals surface area (Å²) in [6.07, 6.45) is 9.60. The van der Waals surface area contributed by atoms with E-state index in [2.05, 4.69) is 21.1 Å². The van der Waals surface area contributed by atoms with E-state index in [1.807, 2.05) is 0 Å². The van der Waals surface area contributed by atoms with Crippen LogP contribution in [0.1, 0.15) is 44.9 Å². The summed E-state index contributed by atoms with van der Waals surface area (Å²) in [5.41, 5.74) is 0. The molecule has 2 rings (SSSR count). The highest BCUT2D eigenvalue weighted by molar-refractivity contribution is 9.18. The molecule has 0 aromatic heterocycles. The maximum Gasteiger partial charge on any atom is 0.136 e. The molecule has 13 heavy (non-hydrogen) atoms. The van der Waals surface area contributed by atoms with Gasteiger partial charge in [0.05, 0.1) is 0 Å². The monoisotopic (exact) mass is 245 g/mol. The minimum atomic E-state index is 0.368. The van der Waals surface area contributed by atoms with Crippen LogP contribution in [0.2, 0.25) is 0 Å². The van der Waals surface area contributed by atoms with Gasteiger partial charge >= 0.3 is 0 Å². The molecule has 74 valence electrons. The molecular formula is C10H16BrNO. The molecule has 0 N–H and O–H groups in total. The molecule has 1 saturated carbocycles. The molecule has 1 unspecified atom stereocenters. The second-order valence-corrected chi connectivity index (χ2v) is 4.98. The Kier molecular flexibility index (Phi) is 3.25. The number of rotatable bonds is 1. The highest BCUT2D eigenvalue weighted by Crippen LogP contribution is 2.31. The summed E-state index contributed by atoms with van der Waals surface area (Å²) in [5.74, 6) is 0.751. The lowest BCUT2D eigenvalue weighted by Gasteiger charge is -2.19. The maximum atomic E-state index is 5.40. The predicted molar refractivity (Wildman–Crippen MR) is 57.0 cm³/mol. The van der Waals surface area contributed by atoms with Gasteiger partial charge in [-0.3, -0.25) is 0 Å². The van der Waals surface area contributed by atoms with E-state index in [4.69, 9.17) is 4.84 Å². The summed E-state index contributed by atoms with van der Waals surface area (Å²) < 4.78 is 0.988. The summed E-state index contributed by atoms with van der Waals surface area (Å²) in [6, 6.07) is 0. The first-order valence-electron chi connectivity index (χ1n) is 5.24. The fraction of sp³-hybridized carbons (Fsp3) is 0.900. The molecular weight excluding hydrogens is 230 g/mol. The van der Waals surface area contributed by atoms with E-state index < -0.39 is 0 Å². The zero-order valence-electron chi connectivity index (χ0n) is 7.84. The molecule has 0 bridgehead atoms. The van der Waals surface area contributed by atoms with Gasteiger partial charge in [-0.25, -0.2) is 0 Å². The van der Waals surface area contributed by atoms with Crippen molar-refractivity contribution >= 4 is 20.6 Å². The molecule has 0 aromatic carbocycles. The predicted octanol–water partition coefficient (Wildman–Crippen LogP) is 3.45. The lowest BCUT2D eigenvalue weighted by atomic mass is 9.93. The average molecular weight is 246 g/mol. The van der Waals surface area contributed by atoms with Gasteiger partial charge in [0.15, 0.2) is 0 Å². The molecule has 2 aliphatic rings. The van der Waals surface area contributed by atoms with E-state index in [-0.39, 0.29) is 0 Å². The smallest absolute Gasteiger partial charge is 0.136 e. The number of halogens is 1. The van der Waals surface area contributed by atoms with Gasteiger partial charge in [-0.1, -0.05) is 30.8 Å². The van der Waals surface area contributed by atoms with Gasteiger partial charge in [0.25, 0.3) is 0 Å². The second kappa shape index (κ2) is 4.45. The Balaban J connectivity index is 1.85. The summed E-state index contributed by atoms with van der Waals surface area (Å²) in [6.45, 7) is 0. The molecule has 0 radical (unpaired) electrons. The van der Waals surface area contributed by atoms with Crippen LogP contribution in [-0.2, 0) is 4.84 Å². The van der Waals surface area contributed by atoms with Gasteiger partial charge in [-0.15, -0.1) is 0 Å². The third-order valence-corrected chi connectivity index (χ3v) is 3.55. The molecule has 0 aromatic rings. The van der Waals surface area contributed by atoms with Crippen molar-refractivity contribution in [2.24, 2.45) is 11.1 Å². The minimum Gasteiger partial charge on any atom is -0.391 e. The molecule has 1 heterocycles. The topological polar surface area (TPSA) is 21.6 Å². The van der Waals surface area contributed by atoms with Gasteiger partial charge in [-0.2, -0.15) is 0 Å². The van der Waals surface area contributed by atoms with Crippen LogP contribution >= 0.6 is 15.9 Å². The molecule has 1 aliphatic heterocycles. The molecule has 0 amide bonds. The SMILES string of the molecule is BrC1=NOC(C2CCCCCC2)C1. The summed E-state index contributed by atoms with van der Waals surface area (Å²) in [7, 11) is 0. The van der Waals surface area contributed by atoms with E-state index in [0.29, 0.717) is 6.10 Å². The third kappa shape index (κ3) is 2.46. The van der Waals surface area contributed by atoms with Gasteiger partial charge in [0.2, 0.25) is 0 Å². The Hall–Kier alpha value is -0.0500. The first-order chi connectivity index (χ1) is 6.36. The quantitative estimate of drug-likeness (QED) is 0.649. The number of oxime groups is 1. The van der Waals surface area contributed by atoms with Crippen molar-refractivity contribution in [1.82, 2.24) is 0 Å². The van der Waals surface area contributed by atoms with Gasteiger partial charge in [0.1, 0.15) is 10.7 Å². The highest BCUT2D eigenvalue weighted by atomic mass is 79.9. The Morgan fingerprint density at radius 3 is 2.38 bits per heavy atom. The zero-order valence-corrected chi connectivity index (χ0v) is 9.42. The van der Waals surface area contributed by atoms with Crippen LogP contribution in [0.5, 0.6) is 0 Å². The second-order valence-electron chi connectivity index (χ2n) is 4.07. The summed E-state index contributed by atoms with van der Waals surface area (Å²) >= 11 is 3.39. The standard InChI is InChI=1S/C10H16BrNO/c11-10-7-9(13-12-10)8-5-3-1-2-4-6-8/h8-9H,1-7H2. The normalized spacial score (nSPS) is 30.8. The zero-order chi connectivity index (χ0) is 9.10. The van der Waals surface area contributed by atoms with Crippen molar-refractivity contribution in [3.8, 4) is 0 Å². The Bertz CT molecular complexity index is 197. The first kappa shape index (κ1) is 9.50. The van der Waals surface area contributed by atoms with Crippen LogP contribution in [0.15, 0.2) is 5.16 Å². The molecule has 1 aliphatic carbocycles. The lowest BCUT2D eigenvalue weighted by Crippen LogP contribution is -2.19. The van der Waals surface area contributed by atoms with Crippen molar-refractivity contribution in [2.75, 3.05) is 0 Å². The Morgan fingerprint density at radius 2 is 1.85 bits per heavy atom. The van der Waals surface area contributed by atoms with Crippen LogP contribution < -0.4 is 0 Å². The van der Waals surface area contributed by atoms with E-state index in [0.717, 1.165) is 17.0 Å². The molecule has 0 saturated heterocycles. The minimum absolute atomic E-state index is 0.368. The van der Waals surface area contributed by atoms with Crippen molar-refractivity contribution in [2.45, 2.75) is 51.0 Å².